The van der Waals surface area contributed by atoms with Crippen molar-refractivity contribution >= 4 is 28.6 Å². The summed E-state index contributed by atoms with van der Waals surface area (Å²) in [6.07, 6.45) is 3.91. The van der Waals surface area contributed by atoms with Crippen molar-refractivity contribution in [3.8, 4) is 0 Å². The van der Waals surface area contributed by atoms with Gasteiger partial charge in [0.2, 0.25) is 0 Å². The Bertz CT molecular complexity index is 614. The van der Waals surface area contributed by atoms with Gasteiger partial charge in [0.1, 0.15) is 0 Å². The van der Waals surface area contributed by atoms with E-state index in [4.69, 9.17) is 0 Å². The number of nitro groups is 1. The van der Waals surface area contributed by atoms with Gasteiger partial charge in [0.15, 0.2) is 0 Å². The Morgan fingerprint density at radius 1 is 1.07 bits per heavy atom. The van der Waals surface area contributed by atoms with Crippen LogP contribution in [-0.4, -0.2) is 4.92 Å². The number of non-ortho nitro benzene ring substituents is 1. The zero-order chi connectivity index (χ0) is 10.4. The van der Waals surface area contributed by atoms with E-state index in [1.165, 1.54) is 0 Å². The smallest absolute Gasteiger partial charge is 0.258 e. The van der Waals surface area contributed by atoms with E-state index in [0.717, 1.165) is 21.9 Å². The van der Waals surface area contributed by atoms with Crippen molar-refractivity contribution in [3.05, 3.63) is 51.6 Å². The molecule has 0 N–H and O–H groups in total. The first-order chi connectivity index (χ1) is 7.25. The molecule has 0 amide bonds. The lowest BCUT2D eigenvalue weighted by molar-refractivity contribution is -0.384. The first-order valence-electron chi connectivity index (χ1n) is 4.65. The van der Waals surface area contributed by atoms with Gasteiger partial charge in [-0.15, -0.1) is 0 Å². The van der Waals surface area contributed by atoms with Crippen LogP contribution in [0.1, 0.15) is 11.1 Å². The molecule has 1 aliphatic rings. The molecule has 0 heterocycles. The first kappa shape index (κ1) is 8.17. The highest BCUT2D eigenvalue weighted by Crippen LogP contribution is 2.34. The summed E-state index contributed by atoms with van der Waals surface area (Å²) in [6, 6.07) is 9.08. The molecule has 3 nitrogen and oxygen atoms in total. The minimum Gasteiger partial charge on any atom is -0.258 e. The van der Waals surface area contributed by atoms with E-state index in [0.29, 0.717) is 0 Å². The molecule has 0 fully saturated rings. The third-order valence-electron chi connectivity index (χ3n) is 2.68. The molecule has 72 valence electrons. The molecule has 0 saturated heterocycles. The molecule has 1 aliphatic carbocycles. The lowest BCUT2D eigenvalue weighted by Gasteiger charge is -2.01. The Morgan fingerprint density at radius 3 is 2.67 bits per heavy atom. The molecular weight excluding hydrogens is 190 g/mol. The van der Waals surface area contributed by atoms with Gasteiger partial charge in [0.25, 0.3) is 5.69 Å². The quantitative estimate of drug-likeness (QED) is 0.444. The molecule has 2 aromatic carbocycles. The standard InChI is InChI=1S/C12H7NO2/c14-13(15)11-6-9-3-1-2-8-4-5-10(7-11)12(8)9/h1-7H. The second-order valence-electron chi connectivity index (χ2n) is 3.57. The number of nitro benzene ring substituents is 1. The van der Waals surface area contributed by atoms with Crippen LogP contribution in [0.2, 0.25) is 0 Å². The summed E-state index contributed by atoms with van der Waals surface area (Å²) in [5, 5.41) is 12.8. The Labute approximate surface area is 85.8 Å². The minimum atomic E-state index is -0.352. The van der Waals surface area contributed by atoms with Crippen LogP contribution in [-0.2, 0) is 0 Å². The average Bonchev–Trinajstić information content (AvgIpc) is 2.64. The Balaban J connectivity index is 2.45. The molecule has 3 rings (SSSR count). The number of rotatable bonds is 1. The fourth-order valence-electron chi connectivity index (χ4n) is 2.03. The number of hydrogen-bond acceptors (Lipinski definition) is 2. The van der Waals surface area contributed by atoms with E-state index in [1.54, 1.807) is 12.1 Å². The molecule has 0 unspecified atom stereocenters. The zero-order valence-electron chi connectivity index (χ0n) is 7.81. The molecule has 3 heteroatoms. The molecular formula is C12H7NO2. The van der Waals surface area contributed by atoms with Crippen molar-refractivity contribution in [2.75, 3.05) is 0 Å². The summed E-state index contributed by atoms with van der Waals surface area (Å²) >= 11 is 0. The predicted octanol–water partition coefficient (Wildman–Crippen LogP) is 3.23. The largest absolute Gasteiger partial charge is 0.270 e. The summed E-state index contributed by atoms with van der Waals surface area (Å²) in [5.41, 5.74) is 2.23. The lowest BCUT2D eigenvalue weighted by Crippen LogP contribution is -1.89. The van der Waals surface area contributed by atoms with Gasteiger partial charge < -0.3 is 0 Å². The number of benzene rings is 2. The van der Waals surface area contributed by atoms with E-state index in [2.05, 4.69) is 0 Å². The molecule has 0 radical (unpaired) electrons. The fraction of sp³-hybridized carbons (Fsp3) is 0. The SMILES string of the molecule is O=[N+]([O-])c1cc2c3c(cccc3c1)C=C2. The van der Waals surface area contributed by atoms with Gasteiger partial charge in [0, 0.05) is 12.1 Å². The lowest BCUT2D eigenvalue weighted by atomic mass is 10.0. The normalized spacial score (nSPS) is 12.3. The summed E-state index contributed by atoms with van der Waals surface area (Å²) in [6.45, 7) is 0. The Kier molecular flexibility index (Phi) is 1.45. The van der Waals surface area contributed by atoms with Crippen LogP contribution in [0.15, 0.2) is 30.3 Å². The van der Waals surface area contributed by atoms with E-state index in [9.17, 15) is 10.1 Å². The third kappa shape index (κ3) is 1.06. The molecule has 0 aliphatic heterocycles. The van der Waals surface area contributed by atoms with Crippen LogP contribution in [0.4, 0.5) is 5.69 Å². The van der Waals surface area contributed by atoms with Gasteiger partial charge in [0.05, 0.1) is 4.92 Å². The fourth-order valence-corrected chi connectivity index (χ4v) is 2.03. The molecule has 15 heavy (non-hydrogen) atoms. The Morgan fingerprint density at radius 2 is 1.87 bits per heavy atom. The van der Waals surface area contributed by atoms with Crippen LogP contribution in [0, 0.1) is 10.1 Å². The predicted molar refractivity (Wildman–Crippen MR) is 59.5 cm³/mol. The summed E-state index contributed by atoms with van der Waals surface area (Å²) in [5.74, 6) is 0. The van der Waals surface area contributed by atoms with Crippen LogP contribution < -0.4 is 0 Å². The molecule has 0 bridgehead atoms. The summed E-state index contributed by atoms with van der Waals surface area (Å²) in [7, 11) is 0. The highest BCUT2D eigenvalue weighted by molar-refractivity contribution is 6.05. The van der Waals surface area contributed by atoms with Crippen molar-refractivity contribution in [3.63, 3.8) is 0 Å². The van der Waals surface area contributed by atoms with Crippen LogP contribution in [0.25, 0.3) is 22.9 Å². The maximum atomic E-state index is 10.7. The maximum absolute atomic E-state index is 10.7. The van der Waals surface area contributed by atoms with E-state index in [1.807, 2.05) is 30.4 Å². The molecule has 0 atom stereocenters. The van der Waals surface area contributed by atoms with Crippen LogP contribution in [0.3, 0.4) is 0 Å². The highest BCUT2D eigenvalue weighted by Gasteiger charge is 2.14. The van der Waals surface area contributed by atoms with Crippen molar-refractivity contribution in [2.24, 2.45) is 0 Å². The first-order valence-corrected chi connectivity index (χ1v) is 4.65. The van der Waals surface area contributed by atoms with Gasteiger partial charge in [-0.1, -0.05) is 30.4 Å². The van der Waals surface area contributed by atoms with Crippen molar-refractivity contribution in [2.45, 2.75) is 0 Å². The zero-order valence-corrected chi connectivity index (χ0v) is 7.81. The second kappa shape index (κ2) is 2.67. The molecule has 0 aromatic heterocycles. The number of hydrogen-bond donors (Lipinski definition) is 0. The van der Waals surface area contributed by atoms with Gasteiger partial charge in [-0.3, -0.25) is 10.1 Å². The second-order valence-corrected chi connectivity index (χ2v) is 3.57. The van der Waals surface area contributed by atoms with E-state index in [-0.39, 0.29) is 10.6 Å². The van der Waals surface area contributed by atoms with Gasteiger partial charge in [-0.25, -0.2) is 0 Å². The van der Waals surface area contributed by atoms with Gasteiger partial charge >= 0.3 is 0 Å². The Hall–Kier alpha value is -2.16. The topological polar surface area (TPSA) is 43.1 Å². The minimum absolute atomic E-state index is 0.154. The van der Waals surface area contributed by atoms with Crippen LogP contribution >= 0.6 is 0 Å². The maximum Gasteiger partial charge on any atom is 0.270 e. The monoisotopic (exact) mass is 197 g/mol. The van der Waals surface area contributed by atoms with Gasteiger partial charge in [-0.05, 0) is 21.9 Å². The number of nitrogens with zero attached hydrogens (tertiary/aromatic N) is 1. The van der Waals surface area contributed by atoms with Crippen molar-refractivity contribution in [1.82, 2.24) is 0 Å². The van der Waals surface area contributed by atoms with Crippen molar-refractivity contribution < 1.29 is 4.92 Å². The molecule has 0 saturated carbocycles. The average molecular weight is 197 g/mol. The van der Waals surface area contributed by atoms with Gasteiger partial charge in [-0.2, -0.15) is 0 Å². The van der Waals surface area contributed by atoms with E-state index >= 15 is 0 Å². The van der Waals surface area contributed by atoms with Crippen molar-refractivity contribution in [1.29, 1.82) is 0 Å². The molecule has 2 aromatic rings. The third-order valence-corrected chi connectivity index (χ3v) is 2.68. The highest BCUT2D eigenvalue weighted by atomic mass is 16.6. The molecule has 0 spiro atoms. The van der Waals surface area contributed by atoms with Crippen LogP contribution in [0.5, 0.6) is 0 Å². The summed E-state index contributed by atoms with van der Waals surface area (Å²) in [4.78, 5) is 10.4. The van der Waals surface area contributed by atoms with E-state index < -0.39 is 0 Å². The summed E-state index contributed by atoms with van der Waals surface area (Å²) < 4.78 is 0.